The summed E-state index contributed by atoms with van der Waals surface area (Å²) in [7, 11) is 2.14. The number of carbonyl (C=O) groups excluding carboxylic acids is 1. The van der Waals surface area contributed by atoms with Gasteiger partial charge in [-0.25, -0.2) is 15.0 Å². The van der Waals surface area contributed by atoms with E-state index in [-0.39, 0.29) is 5.91 Å². The number of carbonyl (C=O) groups is 1. The standard InChI is InChI=1S/C26H27N9O/c1-3-23(36)30-15-18-6-8-27-21(14-18)25-24-19(7-9-28-25)16-31-26(33-24)32-20-4-5-22(29-17-20)35-12-10-34(2)11-13-35/h3-9,14,16-17H,1,10-13,15H2,2H3,(H,30,36)(H,31,32,33). The molecule has 0 unspecified atom stereocenters. The molecule has 1 saturated heterocycles. The van der Waals surface area contributed by atoms with Gasteiger partial charge in [-0.15, -0.1) is 0 Å². The third-order valence-electron chi connectivity index (χ3n) is 6.05. The van der Waals surface area contributed by atoms with Crippen molar-refractivity contribution in [2.24, 2.45) is 0 Å². The Morgan fingerprint density at radius 3 is 2.64 bits per heavy atom. The van der Waals surface area contributed by atoms with E-state index in [1.807, 2.05) is 30.3 Å². The van der Waals surface area contributed by atoms with Crippen molar-refractivity contribution in [1.29, 1.82) is 0 Å². The zero-order chi connectivity index (χ0) is 24.9. The summed E-state index contributed by atoms with van der Waals surface area (Å²) in [4.78, 5) is 39.0. The Kier molecular flexibility index (Phi) is 6.76. The van der Waals surface area contributed by atoms with E-state index in [1.54, 1.807) is 24.8 Å². The number of fused-ring (bicyclic) bond motifs is 1. The van der Waals surface area contributed by atoms with Gasteiger partial charge in [0.25, 0.3) is 0 Å². The Hall–Kier alpha value is -4.44. The molecule has 5 rings (SSSR count). The summed E-state index contributed by atoms with van der Waals surface area (Å²) in [6.45, 7) is 7.84. The van der Waals surface area contributed by atoms with Crippen molar-refractivity contribution < 1.29 is 4.79 Å². The zero-order valence-corrected chi connectivity index (χ0v) is 20.1. The molecule has 1 aliphatic rings. The van der Waals surface area contributed by atoms with Gasteiger partial charge in [0.1, 0.15) is 17.0 Å². The van der Waals surface area contributed by atoms with Gasteiger partial charge in [-0.3, -0.25) is 14.8 Å². The lowest BCUT2D eigenvalue weighted by atomic mass is 10.1. The first-order valence-electron chi connectivity index (χ1n) is 11.7. The summed E-state index contributed by atoms with van der Waals surface area (Å²) < 4.78 is 0. The van der Waals surface area contributed by atoms with E-state index in [4.69, 9.17) is 4.98 Å². The fourth-order valence-corrected chi connectivity index (χ4v) is 3.99. The van der Waals surface area contributed by atoms with Gasteiger partial charge in [-0.2, -0.15) is 0 Å². The van der Waals surface area contributed by atoms with Crippen LogP contribution >= 0.6 is 0 Å². The lowest BCUT2D eigenvalue weighted by Crippen LogP contribution is -2.44. The third-order valence-corrected chi connectivity index (χ3v) is 6.05. The minimum atomic E-state index is -0.230. The number of anilines is 3. The van der Waals surface area contributed by atoms with E-state index < -0.39 is 0 Å². The number of piperazine rings is 1. The molecular formula is C26H27N9O. The van der Waals surface area contributed by atoms with Crippen molar-refractivity contribution in [3.05, 3.63) is 73.3 Å². The number of likely N-dealkylation sites (N-methyl/N-ethyl adjacent to an activating group) is 1. The minimum Gasteiger partial charge on any atom is -0.354 e. The normalized spacial score (nSPS) is 14.0. The summed E-state index contributed by atoms with van der Waals surface area (Å²) in [5, 5.41) is 6.87. The van der Waals surface area contributed by atoms with Crippen LogP contribution in [0.3, 0.4) is 0 Å². The molecule has 0 radical (unpaired) electrons. The van der Waals surface area contributed by atoms with Crippen molar-refractivity contribution in [1.82, 2.24) is 35.1 Å². The lowest BCUT2D eigenvalue weighted by Gasteiger charge is -2.33. The second kappa shape index (κ2) is 10.4. The maximum Gasteiger partial charge on any atom is 0.243 e. The van der Waals surface area contributed by atoms with E-state index in [2.05, 4.69) is 54.0 Å². The summed E-state index contributed by atoms with van der Waals surface area (Å²) in [5.74, 6) is 1.18. The van der Waals surface area contributed by atoms with Crippen LogP contribution in [0.5, 0.6) is 0 Å². The molecule has 1 fully saturated rings. The smallest absolute Gasteiger partial charge is 0.243 e. The van der Waals surface area contributed by atoms with Crippen molar-refractivity contribution in [2.45, 2.75) is 6.54 Å². The van der Waals surface area contributed by atoms with Gasteiger partial charge in [0.05, 0.1) is 17.6 Å². The van der Waals surface area contributed by atoms with Crippen molar-refractivity contribution >= 4 is 34.3 Å². The largest absolute Gasteiger partial charge is 0.354 e. The van der Waals surface area contributed by atoms with Gasteiger partial charge in [0, 0.05) is 56.7 Å². The first-order chi connectivity index (χ1) is 17.6. The minimum absolute atomic E-state index is 0.230. The molecule has 4 aromatic heterocycles. The molecule has 0 bridgehead atoms. The number of pyridine rings is 3. The molecule has 0 spiro atoms. The maximum atomic E-state index is 11.5. The molecule has 10 heteroatoms. The summed E-state index contributed by atoms with van der Waals surface area (Å²) in [5.41, 5.74) is 3.67. The molecule has 0 saturated carbocycles. The average Bonchev–Trinajstić information content (AvgIpc) is 2.92. The number of hydrogen-bond donors (Lipinski definition) is 2. The van der Waals surface area contributed by atoms with Crippen LogP contribution in [-0.4, -0.2) is 69.0 Å². The predicted molar refractivity (Wildman–Crippen MR) is 140 cm³/mol. The highest BCUT2D eigenvalue weighted by Crippen LogP contribution is 2.25. The van der Waals surface area contributed by atoms with E-state index in [0.717, 1.165) is 48.6 Å². The number of nitrogens with one attached hydrogen (secondary N) is 2. The van der Waals surface area contributed by atoms with Crippen LogP contribution in [0.1, 0.15) is 5.56 Å². The monoisotopic (exact) mass is 481 g/mol. The molecule has 0 aliphatic carbocycles. The van der Waals surface area contributed by atoms with E-state index >= 15 is 0 Å². The second-order valence-corrected chi connectivity index (χ2v) is 8.58. The van der Waals surface area contributed by atoms with Crippen molar-refractivity contribution in [3.8, 4) is 11.4 Å². The molecular weight excluding hydrogens is 454 g/mol. The first kappa shape index (κ1) is 23.3. The van der Waals surface area contributed by atoms with Crippen LogP contribution in [0.15, 0.2) is 67.8 Å². The molecule has 5 heterocycles. The van der Waals surface area contributed by atoms with E-state index in [9.17, 15) is 4.79 Å². The molecule has 0 aromatic carbocycles. The second-order valence-electron chi connectivity index (χ2n) is 8.58. The summed E-state index contributed by atoms with van der Waals surface area (Å²) in [6.07, 6.45) is 8.21. The van der Waals surface area contributed by atoms with E-state index in [1.165, 1.54) is 6.08 Å². The zero-order valence-electron chi connectivity index (χ0n) is 20.1. The van der Waals surface area contributed by atoms with Gasteiger partial charge in [-0.05, 0) is 49.0 Å². The van der Waals surface area contributed by atoms with Crippen molar-refractivity contribution in [2.75, 3.05) is 43.4 Å². The van der Waals surface area contributed by atoms with Crippen LogP contribution in [0.25, 0.3) is 22.3 Å². The summed E-state index contributed by atoms with van der Waals surface area (Å²) >= 11 is 0. The van der Waals surface area contributed by atoms with Crippen LogP contribution < -0.4 is 15.5 Å². The Morgan fingerprint density at radius 1 is 1.03 bits per heavy atom. The van der Waals surface area contributed by atoms with Gasteiger partial charge in [-0.1, -0.05) is 6.58 Å². The number of nitrogens with zero attached hydrogens (tertiary/aromatic N) is 7. The topological polar surface area (TPSA) is 112 Å². The van der Waals surface area contributed by atoms with Gasteiger partial charge in [0.15, 0.2) is 0 Å². The SMILES string of the molecule is C=CC(=O)NCc1ccnc(-c2nccc3cnc(Nc4ccc(N5CCN(C)CC5)nc4)nc23)c1. The highest BCUT2D eigenvalue weighted by molar-refractivity contribution is 5.90. The Bertz CT molecular complexity index is 1380. The lowest BCUT2D eigenvalue weighted by molar-refractivity contribution is -0.116. The third kappa shape index (κ3) is 5.28. The Labute approximate surface area is 209 Å². The first-order valence-corrected chi connectivity index (χ1v) is 11.7. The molecule has 36 heavy (non-hydrogen) atoms. The van der Waals surface area contributed by atoms with Crippen molar-refractivity contribution in [3.63, 3.8) is 0 Å². The Morgan fingerprint density at radius 2 is 1.86 bits per heavy atom. The average molecular weight is 482 g/mol. The fraction of sp³-hybridized carbons (Fsp3) is 0.231. The molecule has 2 N–H and O–H groups in total. The van der Waals surface area contributed by atoms with E-state index in [0.29, 0.717) is 29.4 Å². The molecule has 0 atom stereocenters. The van der Waals surface area contributed by atoms with Gasteiger partial charge in [0.2, 0.25) is 11.9 Å². The van der Waals surface area contributed by atoms with Crippen LogP contribution in [0.4, 0.5) is 17.5 Å². The molecule has 1 amide bonds. The quantitative estimate of drug-likeness (QED) is 0.385. The molecule has 1 aliphatic heterocycles. The Balaban J connectivity index is 1.37. The number of hydrogen-bond acceptors (Lipinski definition) is 9. The number of aromatic nitrogens is 5. The van der Waals surface area contributed by atoms with Crippen LogP contribution in [0, 0.1) is 0 Å². The highest BCUT2D eigenvalue weighted by atomic mass is 16.1. The van der Waals surface area contributed by atoms with Gasteiger partial charge < -0.3 is 20.4 Å². The molecule has 4 aromatic rings. The molecule has 10 nitrogen and oxygen atoms in total. The van der Waals surface area contributed by atoms with Crippen LogP contribution in [0.2, 0.25) is 0 Å². The highest BCUT2D eigenvalue weighted by Gasteiger charge is 2.15. The van der Waals surface area contributed by atoms with Crippen LogP contribution in [-0.2, 0) is 11.3 Å². The predicted octanol–water partition coefficient (Wildman–Crippen LogP) is 2.78. The fourth-order valence-electron chi connectivity index (χ4n) is 3.99. The summed E-state index contributed by atoms with van der Waals surface area (Å²) in [6, 6.07) is 9.60. The number of rotatable bonds is 7. The van der Waals surface area contributed by atoms with Gasteiger partial charge >= 0.3 is 0 Å². The molecule has 182 valence electrons. The maximum absolute atomic E-state index is 11.5. The number of amides is 1.